The van der Waals surface area contributed by atoms with E-state index < -0.39 is 0 Å². The summed E-state index contributed by atoms with van der Waals surface area (Å²) >= 11 is 0. The predicted octanol–water partition coefficient (Wildman–Crippen LogP) is 1.24. The van der Waals surface area contributed by atoms with Crippen LogP contribution in [0.5, 0.6) is 17.2 Å². The zero-order valence-corrected chi connectivity index (χ0v) is 14.0. The van der Waals surface area contributed by atoms with Crippen molar-refractivity contribution in [2.24, 2.45) is 5.73 Å². The quantitative estimate of drug-likeness (QED) is 0.753. The van der Waals surface area contributed by atoms with Crippen LogP contribution in [0.1, 0.15) is 12.0 Å². The maximum atomic E-state index is 11.7. The largest absolute Gasteiger partial charge is 0.493 e. The molecule has 1 aromatic carbocycles. The second kappa shape index (κ2) is 8.21. The molecule has 1 aromatic heterocycles. The maximum Gasteiger partial charge on any atom is 0.226 e. The van der Waals surface area contributed by atoms with Gasteiger partial charge in [-0.2, -0.15) is 5.10 Å². The monoisotopic (exact) mass is 334 g/mol. The van der Waals surface area contributed by atoms with Crippen LogP contribution < -0.4 is 25.3 Å². The summed E-state index contributed by atoms with van der Waals surface area (Å²) in [6, 6.07) is 5.39. The standard InChI is InChI=1S/C16H22N4O4/c1-22-12-5-4-11(15(23-2)16(12)24-3)10-20-13(7-9-18-20)19-14(21)6-8-17/h4-5,7,9H,6,8,10,17H2,1-3H3,(H,19,21). The summed E-state index contributed by atoms with van der Waals surface area (Å²) in [7, 11) is 4.68. The van der Waals surface area contributed by atoms with E-state index in [-0.39, 0.29) is 12.3 Å². The number of carbonyl (C=O) groups excluding carboxylic acids is 1. The van der Waals surface area contributed by atoms with Crippen molar-refractivity contribution in [1.29, 1.82) is 0 Å². The zero-order chi connectivity index (χ0) is 17.5. The molecule has 0 spiro atoms. The highest BCUT2D eigenvalue weighted by molar-refractivity contribution is 5.89. The molecule has 8 heteroatoms. The molecular formula is C16H22N4O4. The Morgan fingerprint density at radius 2 is 1.92 bits per heavy atom. The van der Waals surface area contributed by atoms with Crippen molar-refractivity contribution in [3.8, 4) is 17.2 Å². The number of hydrogen-bond donors (Lipinski definition) is 2. The summed E-state index contributed by atoms with van der Waals surface area (Å²) in [6.45, 7) is 0.693. The van der Waals surface area contributed by atoms with Crippen LogP contribution in [0.4, 0.5) is 5.82 Å². The van der Waals surface area contributed by atoms with Gasteiger partial charge in [0.2, 0.25) is 11.7 Å². The Bertz CT molecular complexity index is 699. The molecule has 1 amide bonds. The lowest BCUT2D eigenvalue weighted by Gasteiger charge is -2.16. The van der Waals surface area contributed by atoms with Crippen molar-refractivity contribution >= 4 is 11.7 Å². The zero-order valence-electron chi connectivity index (χ0n) is 14.0. The fourth-order valence-electron chi connectivity index (χ4n) is 2.35. The fraction of sp³-hybridized carbons (Fsp3) is 0.375. The van der Waals surface area contributed by atoms with Crippen LogP contribution in [0.15, 0.2) is 24.4 Å². The van der Waals surface area contributed by atoms with Gasteiger partial charge in [0.05, 0.1) is 34.1 Å². The van der Waals surface area contributed by atoms with Gasteiger partial charge in [0.1, 0.15) is 5.82 Å². The van der Waals surface area contributed by atoms with E-state index in [4.69, 9.17) is 19.9 Å². The van der Waals surface area contributed by atoms with Gasteiger partial charge in [-0.3, -0.25) is 4.79 Å². The van der Waals surface area contributed by atoms with Crippen LogP contribution in [-0.2, 0) is 11.3 Å². The van der Waals surface area contributed by atoms with E-state index in [2.05, 4.69) is 10.4 Å². The van der Waals surface area contributed by atoms with Crippen LogP contribution >= 0.6 is 0 Å². The van der Waals surface area contributed by atoms with Crippen LogP contribution in [0.25, 0.3) is 0 Å². The van der Waals surface area contributed by atoms with E-state index in [1.807, 2.05) is 6.07 Å². The molecule has 0 atom stereocenters. The molecule has 0 radical (unpaired) electrons. The Balaban J connectivity index is 2.29. The first-order chi connectivity index (χ1) is 11.6. The summed E-state index contributed by atoms with van der Waals surface area (Å²) < 4.78 is 17.8. The minimum Gasteiger partial charge on any atom is -0.493 e. The van der Waals surface area contributed by atoms with E-state index in [9.17, 15) is 4.79 Å². The number of methoxy groups -OCH3 is 3. The van der Waals surface area contributed by atoms with Gasteiger partial charge in [0, 0.05) is 24.6 Å². The molecule has 3 N–H and O–H groups in total. The van der Waals surface area contributed by atoms with Crippen LogP contribution in [0.3, 0.4) is 0 Å². The number of ether oxygens (including phenoxy) is 3. The van der Waals surface area contributed by atoms with Crippen molar-refractivity contribution in [3.05, 3.63) is 30.0 Å². The minimum absolute atomic E-state index is 0.154. The molecule has 2 aromatic rings. The predicted molar refractivity (Wildman–Crippen MR) is 89.7 cm³/mol. The number of hydrogen-bond acceptors (Lipinski definition) is 6. The molecule has 2 rings (SSSR count). The highest BCUT2D eigenvalue weighted by Gasteiger charge is 2.17. The van der Waals surface area contributed by atoms with E-state index in [1.54, 1.807) is 44.3 Å². The molecular weight excluding hydrogens is 312 g/mol. The topological polar surface area (TPSA) is 101 Å². The second-order valence-corrected chi connectivity index (χ2v) is 4.95. The summed E-state index contributed by atoms with van der Waals surface area (Å²) in [6.07, 6.45) is 1.87. The fourth-order valence-corrected chi connectivity index (χ4v) is 2.35. The van der Waals surface area contributed by atoms with Gasteiger partial charge in [-0.25, -0.2) is 4.68 Å². The number of nitrogens with two attached hydrogens (primary N) is 1. The van der Waals surface area contributed by atoms with Crippen LogP contribution in [0.2, 0.25) is 0 Å². The first kappa shape index (κ1) is 17.6. The highest BCUT2D eigenvalue weighted by Crippen LogP contribution is 2.40. The van der Waals surface area contributed by atoms with Gasteiger partial charge in [-0.15, -0.1) is 0 Å². The first-order valence-electron chi connectivity index (χ1n) is 7.44. The number of rotatable bonds is 8. The summed E-state index contributed by atoms with van der Waals surface area (Å²) in [5.74, 6) is 2.09. The van der Waals surface area contributed by atoms with E-state index in [1.165, 1.54) is 0 Å². The van der Waals surface area contributed by atoms with Gasteiger partial charge in [-0.1, -0.05) is 0 Å². The Kier molecular flexibility index (Phi) is 6.02. The molecule has 130 valence electrons. The number of nitrogens with zero attached hydrogens (tertiary/aromatic N) is 2. The molecule has 0 aliphatic carbocycles. The molecule has 0 aliphatic rings. The molecule has 24 heavy (non-hydrogen) atoms. The summed E-state index contributed by atoms with van der Waals surface area (Å²) in [5.41, 5.74) is 6.23. The van der Waals surface area contributed by atoms with Crippen LogP contribution in [0, 0.1) is 0 Å². The van der Waals surface area contributed by atoms with Crippen molar-refractivity contribution in [2.45, 2.75) is 13.0 Å². The number of benzene rings is 1. The van der Waals surface area contributed by atoms with Gasteiger partial charge in [0.15, 0.2) is 11.5 Å². The SMILES string of the molecule is COc1ccc(Cn2nccc2NC(=O)CCN)c(OC)c1OC. The molecule has 0 unspecified atom stereocenters. The van der Waals surface area contributed by atoms with Crippen molar-refractivity contribution in [2.75, 3.05) is 33.2 Å². The molecule has 0 saturated heterocycles. The molecule has 1 heterocycles. The molecule has 0 saturated carbocycles. The minimum atomic E-state index is -0.154. The van der Waals surface area contributed by atoms with Gasteiger partial charge < -0.3 is 25.3 Å². The normalized spacial score (nSPS) is 10.3. The maximum absolute atomic E-state index is 11.7. The smallest absolute Gasteiger partial charge is 0.226 e. The van der Waals surface area contributed by atoms with Crippen molar-refractivity contribution in [3.63, 3.8) is 0 Å². The third-order valence-electron chi connectivity index (χ3n) is 3.46. The molecule has 8 nitrogen and oxygen atoms in total. The van der Waals surface area contributed by atoms with E-state index in [0.29, 0.717) is 36.2 Å². The number of anilines is 1. The Morgan fingerprint density at radius 3 is 2.54 bits per heavy atom. The Hall–Kier alpha value is -2.74. The summed E-state index contributed by atoms with van der Waals surface area (Å²) in [4.78, 5) is 11.7. The summed E-state index contributed by atoms with van der Waals surface area (Å²) in [5, 5.41) is 7.03. The van der Waals surface area contributed by atoms with Gasteiger partial charge >= 0.3 is 0 Å². The molecule has 0 aliphatic heterocycles. The highest BCUT2D eigenvalue weighted by atomic mass is 16.5. The lowest BCUT2D eigenvalue weighted by molar-refractivity contribution is -0.116. The van der Waals surface area contributed by atoms with Gasteiger partial charge in [0.25, 0.3) is 0 Å². The average Bonchev–Trinajstić information content (AvgIpc) is 3.01. The third kappa shape index (κ3) is 3.77. The number of nitrogens with one attached hydrogen (secondary N) is 1. The average molecular weight is 334 g/mol. The number of carbonyl (C=O) groups is 1. The lowest BCUT2D eigenvalue weighted by atomic mass is 10.1. The number of amides is 1. The second-order valence-electron chi connectivity index (χ2n) is 4.95. The number of aromatic nitrogens is 2. The van der Waals surface area contributed by atoms with E-state index >= 15 is 0 Å². The van der Waals surface area contributed by atoms with Crippen LogP contribution in [-0.4, -0.2) is 43.6 Å². The van der Waals surface area contributed by atoms with Gasteiger partial charge in [-0.05, 0) is 12.1 Å². The molecule has 0 fully saturated rings. The lowest BCUT2D eigenvalue weighted by Crippen LogP contribution is -2.19. The molecule has 0 bridgehead atoms. The first-order valence-corrected chi connectivity index (χ1v) is 7.44. The van der Waals surface area contributed by atoms with Crippen molar-refractivity contribution in [1.82, 2.24) is 9.78 Å². The Morgan fingerprint density at radius 1 is 1.17 bits per heavy atom. The third-order valence-corrected chi connectivity index (χ3v) is 3.46. The van der Waals surface area contributed by atoms with E-state index in [0.717, 1.165) is 5.56 Å². The Labute approximate surface area is 140 Å². The van der Waals surface area contributed by atoms with Crippen molar-refractivity contribution < 1.29 is 19.0 Å².